The molecule has 0 saturated carbocycles. The zero-order valence-corrected chi connectivity index (χ0v) is 9.35. The van der Waals surface area contributed by atoms with Crippen molar-refractivity contribution in [3.8, 4) is 11.3 Å². The van der Waals surface area contributed by atoms with Gasteiger partial charge in [0.05, 0.1) is 5.69 Å². The van der Waals surface area contributed by atoms with Crippen LogP contribution in [0.3, 0.4) is 0 Å². The molecule has 0 saturated heterocycles. The van der Waals surface area contributed by atoms with Crippen molar-refractivity contribution in [2.45, 2.75) is 6.54 Å². The third kappa shape index (κ3) is 2.17. The molecule has 0 aliphatic rings. The monoisotopic (exact) mass is 234 g/mol. The molecule has 0 atom stereocenters. The van der Waals surface area contributed by atoms with Gasteiger partial charge >= 0.3 is 0 Å². The van der Waals surface area contributed by atoms with E-state index in [1.807, 2.05) is 29.6 Å². The molecular weight excluding hydrogens is 228 g/mol. The summed E-state index contributed by atoms with van der Waals surface area (Å²) in [5.41, 5.74) is 1.77. The Morgan fingerprint density at radius 1 is 1.40 bits per heavy atom. The summed E-state index contributed by atoms with van der Waals surface area (Å²) < 4.78 is 0. The number of aromatic nitrogens is 1. The summed E-state index contributed by atoms with van der Waals surface area (Å²) in [7, 11) is 0. The molecule has 4 heteroatoms. The van der Waals surface area contributed by atoms with Crippen LogP contribution in [0.15, 0.2) is 29.6 Å². The lowest BCUT2D eigenvalue weighted by Gasteiger charge is -1.98. The van der Waals surface area contributed by atoms with Gasteiger partial charge in [0.15, 0.2) is 5.01 Å². The van der Waals surface area contributed by atoms with Crippen molar-refractivity contribution < 1.29 is 0 Å². The molecule has 2 nitrogen and oxygen atoms in total. The topological polar surface area (TPSA) is 17.2 Å². The van der Waals surface area contributed by atoms with Crippen molar-refractivity contribution in [3.63, 3.8) is 0 Å². The van der Waals surface area contributed by atoms with Crippen molar-refractivity contribution in [2.75, 3.05) is 0 Å². The number of nitrogens with zero attached hydrogens (tertiary/aromatic N) is 2. The fourth-order valence-corrected chi connectivity index (χ4v) is 2.19. The van der Waals surface area contributed by atoms with E-state index >= 15 is 0 Å². The molecule has 2 aromatic rings. The number of benzene rings is 1. The molecule has 0 N–H and O–H groups in total. The standard InChI is InChI=1S/C11H7ClN2S/c1-13-6-11-14-10(7-15-11)8-4-2-3-5-9(8)12/h2-5,7H,6H2. The summed E-state index contributed by atoms with van der Waals surface area (Å²) in [6, 6.07) is 7.58. The molecule has 0 spiro atoms. The van der Waals surface area contributed by atoms with Crippen molar-refractivity contribution in [3.05, 3.63) is 51.1 Å². The second kappa shape index (κ2) is 4.43. The van der Waals surface area contributed by atoms with E-state index in [1.165, 1.54) is 11.3 Å². The van der Waals surface area contributed by atoms with Crippen LogP contribution in [-0.2, 0) is 6.54 Å². The van der Waals surface area contributed by atoms with E-state index in [-0.39, 0.29) is 0 Å². The first kappa shape index (κ1) is 10.2. The Morgan fingerprint density at radius 3 is 2.93 bits per heavy atom. The molecular formula is C11H7ClN2S. The first-order valence-corrected chi connectivity index (χ1v) is 5.59. The minimum atomic E-state index is 0.342. The van der Waals surface area contributed by atoms with Crippen LogP contribution in [0.1, 0.15) is 5.01 Å². The lowest BCUT2D eigenvalue weighted by atomic mass is 10.2. The Labute approximate surface area is 97.0 Å². The molecule has 0 unspecified atom stereocenters. The third-order valence-corrected chi connectivity index (χ3v) is 3.08. The molecule has 0 amide bonds. The Kier molecular flexibility index (Phi) is 3.00. The van der Waals surface area contributed by atoms with Crippen LogP contribution in [0.5, 0.6) is 0 Å². The van der Waals surface area contributed by atoms with E-state index in [4.69, 9.17) is 18.2 Å². The van der Waals surface area contributed by atoms with Crippen LogP contribution in [0.25, 0.3) is 16.1 Å². The average molecular weight is 235 g/mol. The van der Waals surface area contributed by atoms with Crippen LogP contribution >= 0.6 is 22.9 Å². The molecule has 0 radical (unpaired) electrons. The maximum atomic E-state index is 6.76. The van der Waals surface area contributed by atoms with Crippen LogP contribution in [0, 0.1) is 6.57 Å². The third-order valence-electron chi connectivity index (χ3n) is 1.92. The number of hydrogen-bond acceptors (Lipinski definition) is 2. The number of hydrogen-bond donors (Lipinski definition) is 0. The summed E-state index contributed by atoms with van der Waals surface area (Å²) in [6.07, 6.45) is 0. The molecule has 15 heavy (non-hydrogen) atoms. The fraction of sp³-hybridized carbons (Fsp3) is 0.0909. The molecule has 0 aliphatic carbocycles. The molecule has 0 fully saturated rings. The molecule has 1 aromatic carbocycles. The summed E-state index contributed by atoms with van der Waals surface area (Å²) >= 11 is 7.54. The number of halogens is 1. The van der Waals surface area contributed by atoms with Crippen molar-refractivity contribution in [1.82, 2.24) is 4.98 Å². The van der Waals surface area contributed by atoms with E-state index in [0.717, 1.165) is 16.3 Å². The van der Waals surface area contributed by atoms with Gasteiger partial charge in [-0.25, -0.2) is 11.6 Å². The zero-order valence-electron chi connectivity index (χ0n) is 7.77. The highest BCUT2D eigenvalue weighted by Gasteiger charge is 2.08. The molecule has 2 rings (SSSR count). The molecule has 0 aliphatic heterocycles. The average Bonchev–Trinajstić information content (AvgIpc) is 2.68. The largest absolute Gasteiger partial charge is 0.309 e. The lowest BCUT2D eigenvalue weighted by molar-refractivity contribution is 1.19. The van der Waals surface area contributed by atoms with Crippen molar-refractivity contribution in [1.29, 1.82) is 0 Å². The van der Waals surface area contributed by atoms with E-state index in [1.54, 1.807) is 0 Å². The summed E-state index contributed by atoms with van der Waals surface area (Å²) in [4.78, 5) is 7.65. The smallest absolute Gasteiger partial charge is 0.265 e. The van der Waals surface area contributed by atoms with Gasteiger partial charge in [-0.05, 0) is 6.07 Å². The van der Waals surface area contributed by atoms with Gasteiger partial charge in [0.25, 0.3) is 6.54 Å². The minimum absolute atomic E-state index is 0.342. The van der Waals surface area contributed by atoms with Gasteiger partial charge in [0.2, 0.25) is 0 Å². The van der Waals surface area contributed by atoms with Gasteiger partial charge in [-0.1, -0.05) is 29.8 Å². The summed E-state index contributed by atoms with van der Waals surface area (Å²) in [5, 5.41) is 3.46. The van der Waals surface area contributed by atoms with E-state index in [2.05, 4.69) is 9.83 Å². The number of thiazole rings is 1. The van der Waals surface area contributed by atoms with Crippen LogP contribution in [-0.4, -0.2) is 4.98 Å². The Balaban J connectivity index is 2.38. The van der Waals surface area contributed by atoms with Crippen molar-refractivity contribution in [2.24, 2.45) is 0 Å². The molecule has 1 heterocycles. The van der Waals surface area contributed by atoms with Crippen molar-refractivity contribution >= 4 is 22.9 Å². The fourth-order valence-electron chi connectivity index (χ4n) is 1.24. The lowest BCUT2D eigenvalue weighted by Crippen LogP contribution is -1.81. The Morgan fingerprint density at radius 2 is 2.20 bits per heavy atom. The molecule has 1 aromatic heterocycles. The van der Waals surface area contributed by atoms with Gasteiger partial charge < -0.3 is 4.85 Å². The Bertz CT molecular complexity index is 513. The van der Waals surface area contributed by atoms with Gasteiger partial charge in [0, 0.05) is 16.0 Å². The minimum Gasteiger partial charge on any atom is -0.309 e. The van der Waals surface area contributed by atoms with Gasteiger partial charge in [-0.2, -0.15) is 0 Å². The molecule has 74 valence electrons. The molecule has 0 bridgehead atoms. The zero-order chi connectivity index (χ0) is 10.7. The van der Waals surface area contributed by atoms with Gasteiger partial charge in [-0.15, -0.1) is 11.3 Å². The maximum absolute atomic E-state index is 6.76. The highest BCUT2D eigenvalue weighted by atomic mass is 35.5. The quantitative estimate of drug-likeness (QED) is 0.721. The first-order chi connectivity index (χ1) is 7.31. The van der Waals surface area contributed by atoms with Crippen LogP contribution < -0.4 is 0 Å². The number of rotatable bonds is 2. The van der Waals surface area contributed by atoms with E-state index in [0.29, 0.717) is 11.6 Å². The SMILES string of the molecule is [C-]#[N+]Cc1nc(-c2ccccc2Cl)cs1. The highest BCUT2D eigenvalue weighted by molar-refractivity contribution is 7.10. The summed E-state index contributed by atoms with van der Waals surface area (Å²) in [6.45, 7) is 7.10. The van der Waals surface area contributed by atoms with Gasteiger partial charge in [0.1, 0.15) is 0 Å². The second-order valence-electron chi connectivity index (χ2n) is 2.92. The predicted molar refractivity (Wildman–Crippen MR) is 62.9 cm³/mol. The first-order valence-electron chi connectivity index (χ1n) is 4.34. The van der Waals surface area contributed by atoms with Crippen LogP contribution in [0.2, 0.25) is 5.02 Å². The van der Waals surface area contributed by atoms with Gasteiger partial charge in [-0.3, -0.25) is 0 Å². The highest BCUT2D eigenvalue weighted by Crippen LogP contribution is 2.28. The summed E-state index contributed by atoms with van der Waals surface area (Å²) in [5.74, 6) is 0. The van der Waals surface area contributed by atoms with Crippen LogP contribution in [0.4, 0.5) is 0 Å². The Hall–Kier alpha value is -1.37. The predicted octanol–water partition coefficient (Wildman–Crippen LogP) is 3.88. The van der Waals surface area contributed by atoms with E-state index < -0.39 is 0 Å². The normalized spacial score (nSPS) is 9.87. The maximum Gasteiger partial charge on any atom is 0.265 e. The van der Waals surface area contributed by atoms with E-state index in [9.17, 15) is 0 Å². The second-order valence-corrected chi connectivity index (χ2v) is 4.27.